The molecule has 0 amide bonds. The van der Waals surface area contributed by atoms with Gasteiger partial charge in [-0.3, -0.25) is 0 Å². The normalized spacial score (nSPS) is 24.2. The van der Waals surface area contributed by atoms with Crippen LogP contribution < -0.4 is 5.32 Å². The Bertz CT molecular complexity index is 119. The van der Waals surface area contributed by atoms with Crippen molar-refractivity contribution in [3.05, 3.63) is 0 Å². The first-order valence-electron chi connectivity index (χ1n) is 5.13. The Kier molecular flexibility index (Phi) is 4.02. The molecule has 12 heavy (non-hydrogen) atoms. The number of nitrogens with zero attached hydrogens (tertiary/aromatic N) is 1. The van der Waals surface area contributed by atoms with E-state index >= 15 is 0 Å². The van der Waals surface area contributed by atoms with Crippen LogP contribution in [0.4, 0.5) is 0 Å². The summed E-state index contributed by atoms with van der Waals surface area (Å²) in [6, 6.07) is 0.644. The molecule has 1 N–H and O–H groups in total. The molecule has 0 aliphatic carbocycles. The number of likely N-dealkylation sites (tertiary alicyclic amines) is 1. The van der Waals surface area contributed by atoms with Crippen LogP contribution in [0.25, 0.3) is 0 Å². The Balaban J connectivity index is 2.19. The van der Waals surface area contributed by atoms with Gasteiger partial charge in [-0.25, -0.2) is 0 Å². The average Bonchev–Trinajstić information content (AvgIpc) is 2.55. The van der Waals surface area contributed by atoms with Crippen LogP contribution in [0.2, 0.25) is 0 Å². The highest BCUT2D eigenvalue weighted by molar-refractivity contribution is 4.73. The van der Waals surface area contributed by atoms with Gasteiger partial charge in [0, 0.05) is 12.6 Å². The van der Waals surface area contributed by atoms with E-state index in [2.05, 4.69) is 24.1 Å². The maximum absolute atomic E-state index is 3.31. The minimum absolute atomic E-state index is 0.644. The van der Waals surface area contributed by atoms with Crippen molar-refractivity contribution in [1.82, 2.24) is 10.2 Å². The van der Waals surface area contributed by atoms with Gasteiger partial charge in [0.25, 0.3) is 0 Å². The summed E-state index contributed by atoms with van der Waals surface area (Å²) in [5.74, 6) is 0.771. The quantitative estimate of drug-likeness (QED) is 0.684. The van der Waals surface area contributed by atoms with Crippen molar-refractivity contribution in [2.24, 2.45) is 5.92 Å². The third-order valence-electron chi connectivity index (χ3n) is 3.05. The molecule has 2 unspecified atom stereocenters. The molecule has 2 atom stereocenters. The molecule has 1 aliphatic rings. The van der Waals surface area contributed by atoms with Crippen molar-refractivity contribution in [3.8, 4) is 0 Å². The van der Waals surface area contributed by atoms with Crippen molar-refractivity contribution < 1.29 is 0 Å². The Labute approximate surface area is 76.3 Å². The fraction of sp³-hybridized carbons (Fsp3) is 1.00. The van der Waals surface area contributed by atoms with Gasteiger partial charge in [-0.15, -0.1) is 0 Å². The zero-order chi connectivity index (χ0) is 8.97. The molecule has 0 aromatic heterocycles. The second-order valence-corrected chi connectivity index (χ2v) is 4.06. The van der Waals surface area contributed by atoms with Crippen molar-refractivity contribution >= 4 is 0 Å². The van der Waals surface area contributed by atoms with E-state index in [0.717, 1.165) is 5.92 Å². The van der Waals surface area contributed by atoms with Crippen LogP contribution in [-0.2, 0) is 0 Å². The molecule has 0 aromatic rings. The molecule has 1 fully saturated rings. The van der Waals surface area contributed by atoms with Crippen LogP contribution in [0, 0.1) is 5.92 Å². The lowest BCUT2D eigenvalue weighted by atomic mass is 10.0. The van der Waals surface area contributed by atoms with Gasteiger partial charge in [0.05, 0.1) is 0 Å². The highest BCUT2D eigenvalue weighted by Crippen LogP contribution is 2.11. The van der Waals surface area contributed by atoms with E-state index < -0.39 is 0 Å². The molecular formula is C10H22N2. The molecule has 1 aliphatic heterocycles. The molecule has 0 radical (unpaired) electrons. The Morgan fingerprint density at radius 2 is 1.83 bits per heavy atom. The lowest BCUT2D eigenvalue weighted by Gasteiger charge is -2.24. The standard InChI is InChI=1S/C10H22N2/c1-9(10(2)11-3)8-12-6-4-5-7-12/h9-11H,4-8H2,1-3H3. The van der Waals surface area contributed by atoms with E-state index in [4.69, 9.17) is 0 Å². The van der Waals surface area contributed by atoms with Gasteiger partial charge in [0.2, 0.25) is 0 Å². The van der Waals surface area contributed by atoms with E-state index in [-0.39, 0.29) is 0 Å². The van der Waals surface area contributed by atoms with E-state index in [1.807, 2.05) is 7.05 Å². The van der Waals surface area contributed by atoms with Gasteiger partial charge in [-0.05, 0) is 45.8 Å². The lowest BCUT2D eigenvalue weighted by molar-refractivity contribution is 0.258. The largest absolute Gasteiger partial charge is 0.317 e. The van der Waals surface area contributed by atoms with E-state index in [1.165, 1.54) is 32.5 Å². The smallest absolute Gasteiger partial charge is 0.00735 e. The SMILES string of the molecule is CNC(C)C(C)CN1CCCC1. The van der Waals surface area contributed by atoms with Crippen LogP contribution in [-0.4, -0.2) is 37.6 Å². The molecule has 2 heteroatoms. The molecule has 1 heterocycles. The van der Waals surface area contributed by atoms with E-state index in [9.17, 15) is 0 Å². The summed E-state index contributed by atoms with van der Waals surface area (Å²) in [7, 11) is 2.05. The van der Waals surface area contributed by atoms with Gasteiger partial charge < -0.3 is 10.2 Å². The molecule has 0 saturated carbocycles. The molecule has 0 spiro atoms. The third-order valence-corrected chi connectivity index (χ3v) is 3.05. The third kappa shape index (κ3) is 2.76. The van der Waals surface area contributed by atoms with Crippen molar-refractivity contribution in [2.45, 2.75) is 32.7 Å². The first-order valence-corrected chi connectivity index (χ1v) is 5.13. The van der Waals surface area contributed by atoms with Gasteiger partial charge >= 0.3 is 0 Å². The Morgan fingerprint density at radius 1 is 1.25 bits per heavy atom. The van der Waals surface area contributed by atoms with Crippen LogP contribution in [0.15, 0.2) is 0 Å². The van der Waals surface area contributed by atoms with Gasteiger partial charge in [0.1, 0.15) is 0 Å². The average molecular weight is 170 g/mol. The zero-order valence-electron chi connectivity index (χ0n) is 8.64. The summed E-state index contributed by atoms with van der Waals surface area (Å²) in [5.41, 5.74) is 0. The minimum atomic E-state index is 0.644. The molecule has 1 rings (SSSR count). The van der Waals surface area contributed by atoms with Gasteiger partial charge in [-0.1, -0.05) is 6.92 Å². The second-order valence-electron chi connectivity index (χ2n) is 4.06. The predicted octanol–water partition coefficient (Wildman–Crippen LogP) is 1.33. The fourth-order valence-corrected chi connectivity index (χ4v) is 1.82. The van der Waals surface area contributed by atoms with E-state index in [1.54, 1.807) is 0 Å². The molecule has 0 aromatic carbocycles. The molecule has 72 valence electrons. The van der Waals surface area contributed by atoms with Gasteiger partial charge in [-0.2, -0.15) is 0 Å². The van der Waals surface area contributed by atoms with Crippen LogP contribution >= 0.6 is 0 Å². The number of hydrogen-bond donors (Lipinski definition) is 1. The first-order chi connectivity index (χ1) is 5.74. The summed E-state index contributed by atoms with van der Waals surface area (Å²) in [6.07, 6.45) is 2.81. The van der Waals surface area contributed by atoms with Crippen molar-refractivity contribution in [1.29, 1.82) is 0 Å². The zero-order valence-corrected chi connectivity index (χ0v) is 8.64. The van der Waals surface area contributed by atoms with Crippen molar-refractivity contribution in [3.63, 3.8) is 0 Å². The predicted molar refractivity (Wildman–Crippen MR) is 53.4 cm³/mol. The molecule has 1 saturated heterocycles. The molecule has 0 bridgehead atoms. The minimum Gasteiger partial charge on any atom is -0.317 e. The van der Waals surface area contributed by atoms with Crippen molar-refractivity contribution in [2.75, 3.05) is 26.7 Å². The maximum atomic E-state index is 3.31. The summed E-state index contributed by atoms with van der Waals surface area (Å²) in [6.45, 7) is 8.50. The van der Waals surface area contributed by atoms with Crippen LogP contribution in [0.3, 0.4) is 0 Å². The summed E-state index contributed by atoms with van der Waals surface area (Å²) < 4.78 is 0. The number of hydrogen-bond acceptors (Lipinski definition) is 2. The van der Waals surface area contributed by atoms with Gasteiger partial charge in [0.15, 0.2) is 0 Å². The van der Waals surface area contributed by atoms with Crippen LogP contribution in [0.1, 0.15) is 26.7 Å². The summed E-state index contributed by atoms with van der Waals surface area (Å²) in [5, 5.41) is 3.31. The fourth-order valence-electron chi connectivity index (χ4n) is 1.82. The first kappa shape index (κ1) is 10.0. The Hall–Kier alpha value is -0.0800. The topological polar surface area (TPSA) is 15.3 Å². The summed E-state index contributed by atoms with van der Waals surface area (Å²) >= 11 is 0. The van der Waals surface area contributed by atoms with E-state index in [0.29, 0.717) is 6.04 Å². The van der Waals surface area contributed by atoms with Crippen LogP contribution in [0.5, 0.6) is 0 Å². The summed E-state index contributed by atoms with van der Waals surface area (Å²) in [4.78, 5) is 2.58. The molecule has 2 nitrogen and oxygen atoms in total. The Morgan fingerprint density at radius 3 is 2.33 bits per heavy atom. The lowest BCUT2D eigenvalue weighted by Crippen LogP contribution is -2.36. The second kappa shape index (κ2) is 4.83. The highest BCUT2D eigenvalue weighted by atomic mass is 15.1. The maximum Gasteiger partial charge on any atom is 0.00735 e. The number of nitrogens with one attached hydrogen (secondary N) is 1. The highest BCUT2D eigenvalue weighted by Gasteiger charge is 2.17. The number of rotatable bonds is 4. The molecular weight excluding hydrogens is 148 g/mol. The monoisotopic (exact) mass is 170 g/mol.